The lowest BCUT2D eigenvalue weighted by molar-refractivity contribution is -0.115. The Bertz CT molecular complexity index is 823. The summed E-state index contributed by atoms with van der Waals surface area (Å²) in [5, 5.41) is 6.26. The van der Waals surface area contributed by atoms with Gasteiger partial charge >= 0.3 is 0 Å². The number of fused-ring (bicyclic) bond motifs is 1. The maximum Gasteiger partial charge on any atom is 0.243 e. The van der Waals surface area contributed by atoms with Gasteiger partial charge < -0.3 is 15.1 Å². The second-order valence-corrected chi connectivity index (χ2v) is 8.18. The highest BCUT2D eigenvalue weighted by atomic mass is 16.3. The molecule has 2 aromatic rings. The molecule has 148 valence electrons. The predicted octanol–water partition coefficient (Wildman–Crippen LogP) is 4.07. The summed E-state index contributed by atoms with van der Waals surface area (Å²) in [5.74, 6) is 0.797. The fourth-order valence-electron chi connectivity index (χ4n) is 5.52. The van der Waals surface area contributed by atoms with Gasteiger partial charge in [0.05, 0.1) is 12.5 Å². The normalized spacial score (nSPS) is 27.9. The molecule has 5 rings (SSSR count). The number of carbonyl (C=O) groups excluding carboxylic acids is 1. The summed E-state index contributed by atoms with van der Waals surface area (Å²) in [5.41, 5.74) is 4.77. The maximum absolute atomic E-state index is 10.7. The van der Waals surface area contributed by atoms with Crippen LogP contribution in [-0.2, 0) is 16.6 Å². The molecule has 3 aliphatic rings. The fraction of sp³-hybridized carbons (Fsp3) is 0.458. The van der Waals surface area contributed by atoms with Crippen LogP contribution in [0.4, 0.5) is 0 Å². The van der Waals surface area contributed by atoms with E-state index in [-0.39, 0.29) is 5.91 Å². The van der Waals surface area contributed by atoms with Gasteiger partial charge in [0.15, 0.2) is 0 Å². The molecule has 0 spiro atoms. The van der Waals surface area contributed by atoms with Crippen LogP contribution in [0.1, 0.15) is 48.8 Å². The van der Waals surface area contributed by atoms with Crippen molar-refractivity contribution < 1.29 is 9.21 Å². The van der Waals surface area contributed by atoms with Crippen molar-refractivity contribution in [3.63, 3.8) is 0 Å². The number of hydrogen-bond donors (Lipinski definition) is 2. The van der Waals surface area contributed by atoms with Crippen LogP contribution >= 0.6 is 0 Å². The van der Waals surface area contributed by atoms with Crippen LogP contribution in [0.25, 0.3) is 6.08 Å². The van der Waals surface area contributed by atoms with E-state index in [4.69, 9.17) is 4.42 Å². The second-order valence-electron chi connectivity index (χ2n) is 8.18. The lowest BCUT2D eigenvalue weighted by Gasteiger charge is -2.56. The van der Waals surface area contributed by atoms with Crippen molar-refractivity contribution in [1.29, 1.82) is 0 Å². The molecular weight excluding hydrogens is 348 g/mol. The first kappa shape index (κ1) is 19.0. The average molecular weight is 379 g/mol. The van der Waals surface area contributed by atoms with E-state index in [1.165, 1.54) is 51.1 Å². The summed E-state index contributed by atoms with van der Waals surface area (Å²) in [6, 6.07) is 11.8. The van der Waals surface area contributed by atoms with Crippen molar-refractivity contribution in [2.24, 2.45) is 5.92 Å². The highest BCUT2D eigenvalue weighted by molar-refractivity contribution is 5.91. The molecular formula is C24H30N2O2. The van der Waals surface area contributed by atoms with Crippen LogP contribution in [0, 0.1) is 5.92 Å². The van der Waals surface area contributed by atoms with Gasteiger partial charge in [0.2, 0.25) is 5.91 Å². The van der Waals surface area contributed by atoms with Crippen molar-refractivity contribution in [3.05, 3.63) is 65.6 Å². The SMILES string of the molecule is CNC(=O)/C=C/c1ccoc1.c1ccc2c(c1)C[C@H]1NCC[C@@]23CCCC[C@@H]13. The Morgan fingerprint density at radius 2 is 2.14 bits per heavy atom. The number of carbonyl (C=O) groups is 1. The lowest BCUT2D eigenvalue weighted by Crippen LogP contribution is -2.59. The molecule has 1 aromatic carbocycles. The number of nitrogens with one attached hydrogen (secondary N) is 2. The van der Waals surface area contributed by atoms with Gasteiger partial charge in [-0.25, -0.2) is 0 Å². The zero-order valence-electron chi connectivity index (χ0n) is 16.6. The standard InChI is InChI=1S/C16H21N.C8H9NO2/c1-2-6-13-12(5-1)11-15-14-7-3-4-8-16(13,14)9-10-17-15;1-9-8(10)3-2-7-4-5-11-6-7/h1-2,5-6,14-15,17H,3-4,7-11H2;2-6H,1H3,(H,9,10)/b;3-2+/t14-,15+,16-;/m0./s1. The van der Waals surface area contributed by atoms with Crippen LogP contribution in [-0.4, -0.2) is 25.5 Å². The number of amides is 1. The Hall–Kier alpha value is -2.33. The summed E-state index contributed by atoms with van der Waals surface area (Å²) in [6.45, 7) is 1.23. The van der Waals surface area contributed by atoms with E-state index in [1.807, 2.05) is 0 Å². The topological polar surface area (TPSA) is 54.3 Å². The van der Waals surface area contributed by atoms with Gasteiger partial charge in [0, 0.05) is 30.1 Å². The summed E-state index contributed by atoms with van der Waals surface area (Å²) < 4.78 is 4.80. The van der Waals surface area contributed by atoms with Gasteiger partial charge in [-0.3, -0.25) is 4.79 Å². The molecule has 2 heterocycles. The summed E-state index contributed by atoms with van der Waals surface area (Å²) in [6.07, 6.45) is 14.7. The van der Waals surface area contributed by atoms with Crippen molar-refractivity contribution >= 4 is 12.0 Å². The Morgan fingerprint density at radius 1 is 1.25 bits per heavy atom. The highest BCUT2D eigenvalue weighted by Crippen LogP contribution is 2.53. The monoisotopic (exact) mass is 378 g/mol. The summed E-state index contributed by atoms with van der Waals surface area (Å²) in [7, 11) is 1.59. The Kier molecular flexibility index (Phi) is 5.67. The first-order chi connectivity index (χ1) is 13.7. The van der Waals surface area contributed by atoms with Crippen LogP contribution in [0.3, 0.4) is 0 Å². The number of piperidine rings is 1. The van der Waals surface area contributed by atoms with Crippen molar-refractivity contribution in [3.8, 4) is 0 Å². The number of benzene rings is 1. The molecule has 2 fully saturated rings. The van der Waals surface area contributed by atoms with Gasteiger partial charge in [-0.1, -0.05) is 37.1 Å². The molecule has 0 unspecified atom stereocenters. The largest absolute Gasteiger partial charge is 0.472 e. The second kappa shape index (κ2) is 8.36. The lowest BCUT2D eigenvalue weighted by atomic mass is 9.53. The van der Waals surface area contributed by atoms with Crippen molar-refractivity contribution in [2.75, 3.05) is 13.6 Å². The molecule has 28 heavy (non-hydrogen) atoms. The van der Waals surface area contributed by atoms with E-state index in [0.29, 0.717) is 5.41 Å². The molecule has 2 aliphatic carbocycles. The fourth-order valence-corrected chi connectivity index (χ4v) is 5.52. The molecule has 1 saturated carbocycles. The van der Waals surface area contributed by atoms with Crippen molar-refractivity contribution in [2.45, 2.75) is 50.0 Å². The maximum atomic E-state index is 10.7. The molecule has 1 amide bonds. The first-order valence-corrected chi connectivity index (χ1v) is 10.5. The summed E-state index contributed by atoms with van der Waals surface area (Å²) >= 11 is 0. The molecule has 3 atom stereocenters. The first-order valence-electron chi connectivity index (χ1n) is 10.5. The van der Waals surface area contributed by atoms with E-state index in [9.17, 15) is 4.79 Å². The number of likely N-dealkylation sites (N-methyl/N-ethyl adjacent to an activating group) is 1. The molecule has 2 bridgehead atoms. The van der Waals surface area contributed by atoms with Gasteiger partial charge in [-0.05, 0) is 61.4 Å². The highest BCUT2D eigenvalue weighted by Gasteiger charge is 2.51. The minimum absolute atomic E-state index is 0.119. The quantitative estimate of drug-likeness (QED) is 0.775. The smallest absolute Gasteiger partial charge is 0.243 e. The van der Waals surface area contributed by atoms with E-state index < -0.39 is 0 Å². The van der Waals surface area contributed by atoms with E-state index in [2.05, 4.69) is 34.9 Å². The molecule has 1 aromatic heterocycles. The van der Waals surface area contributed by atoms with E-state index >= 15 is 0 Å². The number of hydrogen-bond acceptors (Lipinski definition) is 3. The third-order valence-corrected chi connectivity index (χ3v) is 6.77. The molecule has 4 nitrogen and oxygen atoms in total. The van der Waals surface area contributed by atoms with Gasteiger partial charge in [-0.2, -0.15) is 0 Å². The van der Waals surface area contributed by atoms with Crippen LogP contribution in [0.15, 0.2) is 53.4 Å². The van der Waals surface area contributed by atoms with Crippen LogP contribution in [0.5, 0.6) is 0 Å². The Balaban J connectivity index is 0.000000153. The minimum Gasteiger partial charge on any atom is -0.472 e. The van der Waals surface area contributed by atoms with Crippen LogP contribution in [0.2, 0.25) is 0 Å². The van der Waals surface area contributed by atoms with Gasteiger partial charge in [-0.15, -0.1) is 0 Å². The number of furan rings is 1. The molecule has 4 heteroatoms. The van der Waals surface area contributed by atoms with Gasteiger partial charge in [0.25, 0.3) is 0 Å². The third kappa shape index (κ3) is 3.66. The Labute approximate surface area is 167 Å². The molecule has 1 aliphatic heterocycles. The molecule has 2 N–H and O–H groups in total. The number of rotatable bonds is 2. The predicted molar refractivity (Wildman–Crippen MR) is 112 cm³/mol. The van der Waals surface area contributed by atoms with Crippen molar-refractivity contribution in [1.82, 2.24) is 10.6 Å². The molecule has 1 saturated heterocycles. The van der Waals surface area contributed by atoms with E-state index in [0.717, 1.165) is 17.5 Å². The Morgan fingerprint density at radius 3 is 2.96 bits per heavy atom. The van der Waals surface area contributed by atoms with E-state index in [1.54, 1.807) is 42.8 Å². The average Bonchev–Trinajstić information content (AvgIpc) is 3.26. The molecule has 0 radical (unpaired) electrons. The minimum atomic E-state index is -0.119. The van der Waals surface area contributed by atoms with Crippen LogP contribution < -0.4 is 10.6 Å². The van der Waals surface area contributed by atoms with Gasteiger partial charge in [0.1, 0.15) is 0 Å². The third-order valence-electron chi connectivity index (χ3n) is 6.77. The zero-order chi connectivity index (χ0) is 19.4. The summed E-state index contributed by atoms with van der Waals surface area (Å²) in [4.78, 5) is 10.7. The zero-order valence-corrected chi connectivity index (χ0v) is 16.6.